The number of rotatable bonds is 7. The quantitative estimate of drug-likeness (QED) is 0.691. The lowest BCUT2D eigenvalue weighted by molar-refractivity contribution is 0.102. The molecule has 3 rings (SSSR count). The lowest BCUT2D eigenvalue weighted by atomic mass is 10.2. The van der Waals surface area contributed by atoms with Gasteiger partial charge in [0.15, 0.2) is 0 Å². The van der Waals surface area contributed by atoms with Gasteiger partial charge in [-0.3, -0.25) is 10.1 Å². The van der Waals surface area contributed by atoms with Crippen LogP contribution in [0.4, 0.5) is 5.13 Å². The molecule has 9 heteroatoms. The van der Waals surface area contributed by atoms with Gasteiger partial charge in [0, 0.05) is 12.0 Å². The van der Waals surface area contributed by atoms with Crippen molar-refractivity contribution in [2.24, 2.45) is 0 Å². The molecule has 0 fully saturated rings. The predicted molar refractivity (Wildman–Crippen MR) is 91.7 cm³/mol. The van der Waals surface area contributed by atoms with Crippen LogP contribution in [0.15, 0.2) is 28.9 Å². The van der Waals surface area contributed by atoms with Gasteiger partial charge in [0.05, 0.1) is 0 Å². The van der Waals surface area contributed by atoms with E-state index in [0.29, 0.717) is 27.8 Å². The zero-order valence-electron chi connectivity index (χ0n) is 13.9. The SMILES string of the molecule is CCCc1nnc(NC(=O)c2ccc(OCc3nonc3C)cc2)s1. The van der Waals surface area contributed by atoms with E-state index in [0.717, 1.165) is 17.8 Å². The van der Waals surface area contributed by atoms with Crippen molar-refractivity contribution >= 4 is 22.4 Å². The molecule has 0 aliphatic heterocycles. The van der Waals surface area contributed by atoms with Crippen LogP contribution < -0.4 is 10.1 Å². The molecule has 2 heterocycles. The lowest BCUT2D eigenvalue weighted by Gasteiger charge is -2.05. The molecule has 0 unspecified atom stereocenters. The Labute approximate surface area is 148 Å². The summed E-state index contributed by atoms with van der Waals surface area (Å²) in [5, 5.41) is 19.6. The van der Waals surface area contributed by atoms with Crippen LogP contribution in [0.1, 0.15) is 40.1 Å². The monoisotopic (exact) mass is 359 g/mol. The van der Waals surface area contributed by atoms with Gasteiger partial charge in [0.1, 0.15) is 28.8 Å². The first-order valence-corrected chi connectivity index (χ1v) is 8.62. The number of benzene rings is 1. The molecule has 1 N–H and O–H groups in total. The first kappa shape index (κ1) is 17.0. The van der Waals surface area contributed by atoms with Gasteiger partial charge in [0.25, 0.3) is 5.91 Å². The van der Waals surface area contributed by atoms with Crippen molar-refractivity contribution in [3.05, 3.63) is 46.2 Å². The Morgan fingerprint density at radius 1 is 1.24 bits per heavy atom. The Hall–Kier alpha value is -2.81. The van der Waals surface area contributed by atoms with Gasteiger partial charge in [-0.05, 0) is 37.6 Å². The summed E-state index contributed by atoms with van der Waals surface area (Å²) in [7, 11) is 0. The molecular weight excluding hydrogens is 342 g/mol. The molecule has 130 valence electrons. The number of aromatic nitrogens is 4. The minimum Gasteiger partial charge on any atom is -0.487 e. The number of anilines is 1. The lowest BCUT2D eigenvalue weighted by Crippen LogP contribution is -2.11. The average Bonchev–Trinajstić information content (AvgIpc) is 3.23. The largest absolute Gasteiger partial charge is 0.487 e. The van der Waals surface area contributed by atoms with Crippen LogP contribution in [0.2, 0.25) is 0 Å². The highest BCUT2D eigenvalue weighted by atomic mass is 32.1. The third-order valence-electron chi connectivity index (χ3n) is 3.39. The molecule has 1 aromatic carbocycles. The van der Waals surface area contributed by atoms with Crippen molar-refractivity contribution in [3.8, 4) is 5.75 Å². The van der Waals surface area contributed by atoms with Gasteiger partial charge in [-0.1, -0.05) is 28.6 Å². The van der Waals surface area contributed by atoms with E-state index in [1.165, 1.54) is 11.3 Å². The summed E-state index contributed by atoms with van der Waals surface area (Å²) in [5.74, 6) is 0.391. The van der Waals surface area contributed by atoms with Gasteiger partial charge in [0.2, 0.25) is 5.13 Å². The van der Waals surface area contributed by atoms with Crippen molar-refractivity contribution in [2.75, 3.05) is 5.32 Å². The number of hydrogen-bond acceptors (Lipinski definition) is 8. The van der Waals surface area contributed by atoms with E-state index in [2.05, 4.69) is 37.4 Å². The minimum atomic E-state index is -0.234. The molecule has 0 atom stereocenters. The van der Waals surface area contributed by atoms with Crippen molar-refractivity contribution < 1.29 is 14.2 Å². The van der Waals surface area contributed by atoms with Crippen LogP contribution in [0.5, 0.6) is 5.75 Å². The van der Waals surface area contributed by atoms with Crippen molar-refractivity contribution in [1.29, 1.82) is 0 Å². The summed E-state index contributed by atoms with van der Waals surface area (Å²) in [6, 6.07) is 6.82. The maximum absolute atomic E-state index is 12.2. The van der Waals surface area contributed by atoms with Crippen LogP contribution in [-0.2, 0) is 13.0 Å². The van der Waals surface area contributed by atoms with E-state index in [1.54, 1.807) is 31.2 Å². The Balaban J connectivity index is 1.57. The van der Waals surface area contributed by atoms with Crippen LogP contribution in [-0.4, -0.2) is 26.4 Å². The fourth-order valence-corrected chi connectivity index (χ4v) is 2.86. The summed E-state index contributed by atoms with van der Waals surface area (Å²) in [6.07, 6.45) is 1.86. The number of carbonyl (C=O) groups is 1. The molecule has 3 aromatic rings. The van der Waals surface area contributed by atoms with Crippen LogP contribution in [0, 0.1) is 6.92 Å². The van der Waals surface area contributed by atoms with Gasteiger partial charge in [-0.2, -0.15) is 0 Å². The van der Waals surface area contributed by atoms with Gasteiger partial charge in [-0.25, -0.2) is 4.63 Å². The van der Waals surface area contributed by atoms with Gasteiger partial charge < -0.3 is 4.74 Å². The zero-order chi connectivity index (χ0) is 17.6. The highest BCUT2D eigenvalue weighted by molar-refractivity contribution is 7.15. The second kappa shape index (κ2) is 7.84. The Kier molecular flexibility index (Phi) is 5.34. The van der Waals surface area contributed by atoms with Crippen molar-refractivity contribution in [3.63, 3.8) is 0 Å². The highest BCUT2D eigenvalue weighted by Crippen LogP contribution is 2.19. The van der Waals surface area contributed by atoms with Crippen molar-refractivity contribution in [2.45, 2.75) is 33.3 Å². The molecule has 25 heavy (non-hydrogen) atoms. The summed E-state index contributed by atoms with van der Waals surface area (Å²) in [5.41, 5.74) is 1.84. The maximum Gasteiger partial charge on any atom is 0.257 e. The topological polar surface area (TPSA) is 103 Å². The molecule has 0 saturated heterocycles. The normalized spacial score (nSPS) is 10.6. The van der Waals surface area contributed by atoms with E-state index in [9.17, 15) is 4.79 Å². The van der Waals surface area contributed by atoms with Crippen LogP contribution >= 0.6 is 11.3 Å². The number of carbonyl (C=O) groups excluding carboxylic acids is 1. The van der Waals surface area contributed by atoms with Gasteiger partial charge in [-0.15, -0.1) is 10.2 Å². The summed E-state index contributed by atoms with van der Waals surface area (Å²) in [4.78, 5) is 12.2. The molecule has 0 aliphatic rings. The van der Waals surface area contributed by atoms with E-state index >= 15 is 0 Å². The summed E-state index contributed by atoms with van der Waals surface area (Å²) in [6.45, 7) is 4.12. The van der Waals surface area contributed by atoms with Gasteiger partial charge >= 0.3 is 0 Å². The standard InChI is InChI=1S/C16H17N5O3S/c1-3-4-14-18-19-16(25-14)17-15(22)11-5-7-12(8-6-11)23-9-13-10(2)20-24-21-13/h5-8H,3-4,9H2,1-2H3,(H,17,19,22). The van der Waals surface area contributed by atoms with E-state index in [-0.39, 0.29) is 12.5 Å². The third kappa shape index (κ3) is 4.38. The molecule has 0 aliphatic carbocycles. The van der Waals surface area contributed by atoms with E-state index in [1.807, 2.05) is 0 Å². The highest BCUT2D eigenvalue weighted by Gasteiger charge is 2.11. The third-order valence-corrected chi connectivity index (χ3v) is 4.29. The average molecular weight is 359 g/mol. The number of aryl methyl sites for hydroxylation is 2. The number of ether oxygens (including phenoxy) is 1. The Morgan fingerprint density at radius 3 is 2.72 bits per heavy atom. The fraction of sp³-hybridized carbons (Fsp3) is 0.312. The summed E-state index contributed by atoms with van der Waals surface area (Å²) >= 11 is 1.39. The fourth-order valence-electron chi connectivity index (χ4n) is 2.02. The van der Waals surface area contributed by atoms with E-state index < -0.39 is 0 Å². The molecule has 0 bridgehead atoms. The molecule has 8 nitrogen and oxygen atoms in total. The molecule has 0 spiro atoms. The Morgan fingerprint density at radius 2 is 2.04 bits per heavy atom. The maximum atomic E-state index is 12.2. The second-order valence-electron chi connectivity index (χ2n) is 5.31. The molecule has 0 radical (unpaired) electrons. The molecule has 2 aromatic heterocycles. The molecular formula is C16H17N5O3S. The number of nitrogens with zero attached hydrogens (tertiary/aromatic N) is 4. The summed E-state index contributed by atoms with van der Waals surface area (Å²) < 4.78 is 10.2. The molecule has 1 amide bonds. The zero-order valence-corrected chi connectivity index (χ0v) is 14.7. The predicted octanol–water partition coefficient (Wildman–Crippen LogP) is 3.01. The van der Waals surface area contributed by atoms with Crippen LogP contribution in [0.25, 0.3) is 0 Å². The van der Waals surface area contributed by atoms with Crippen LogP contribution in [0.3, 0.4) is 0 Å². The first-order valence-electron chi connectivity index (χ1n) is 7.80. The number of hydrogen-bond donors (Lipinski definition) is 1. The Bertz CT molecular complexity index is 844. The molecule has 0 saturated carbocycles. The first-order chi connectivity index (χ1) is 12.2. The second-order valence-corrected chi connectivity index (χ2v) is 6.38. The number of amides is 1. The van der Waals surface area contributed by atoms with Crippen molar-refractivity contribution in [1.82, 2.24) is 20.5 Å². The van der Waals surface area contributed by atoms with E-state index in [4.69, 9.17) is 4.74 Å². The number of nitrogens with one attached hydrogen (secondary N) is 1. The smallest absolute Gasteiger partial charge is 0.257 e. The minimum absolute atomic E-state index is 0.234.